The van der Waals surface area contributed by atoms with E-state index in [0.29, 0.717) is 5.75 Å². The molecule has 2 amide bonds. The van der Waals surface area contributed by atoms with Gasteiger partial charge in [-0.1, -0.05) is 28.1 Å². The van der Waals surface area contributed by atoms with Crippen LogP contribution in [0.4, 0.5) is 0 Å². The highest BCUT2D eigenvalue weighted by atomic mass is 79.9. The van der Waals surface area contributed by atoms with Crippen molar-refractivity contribution >= 4 is 51.4 Å². The van der Waals surface area contributed by atoms with E-state index in [1.165, 1.54) is 18.9 Å². The number of esters is 1. The first-order chi connectivity index (χ1) is 13.7. The lowest BCUT2D eigenvalue weighted by Gasteiger charge is -2.18. The third-order valence-electron chi connectivity index (χ3n) is 3.75. The third kappa shape index (κ3) is 10.3. The first kappa shape index (κ1) is 24.9. The zero-order valence-corrected chi connectivity index (χ0v) is 18.3. The monoisotopic (exact) mass is 489 g/mol. The highest BCUT2D eigenvalue weighted by molar-refractivity contribution is 9.10. The molecule has 5 N–H and O–H groups in total. The summed E-state index contributed by atoms with van der Waals surface area (Å²) in [6.07, 6.45) is -0.185. The Morgan fingerprint density at radius 1 is 1.24 bits per heavy atom. The number of nitrogens with two attached hydrogens (primary N) is 1. The molecule has 0 saturated heterocycles. The van der Waals surface area contributed by atoms with Crippen molar-refractivity contribution in [2.45, 2.75) is 30.7 Å². The van der Waals surface area contributed by atoms with E-state index < -0.39 is 35.8 Å². The number of benzene rings is 1. The number of carboxylic acid groups (broad SMARTS) is 1. The molecular weight excluding hydrogens is 466 g/mol. The van der Waals surface area contributed by atoms with Crippen molar-refractivity contribution < 1.29 is 29.0 Å². The van der Waals surface area contributed by atoms with Crippen LogP contribution in [0.5, 0.6) is 0 Å². The van der Waals surface area contributed by atoms with Crippen LogP contribution in [0, 0.1) is 0 Å². The lowest BCUT2D eigenvalue weighted by atomic mass is 10.1. The average molecular weight is 490 g/mol. The number of methoxy groups -OCH3 is 1. The summed E-state index contributed by atoms with van der Waals surface area (Å²) < 4.78 is 5.43. The van der Waals surface area contributed by atoms with E-state index in [9.17, 15) is 19.2 Å². The van der Waals surface area contributed by atoms with Crippen LogP contribution in [0.15, 0.2) is 28.7 Å². The second-order valence-corrected chi connectivity index (χ2v) is 7.98. The number of rotatable bonds is 12. The summed E-state index contributed by atoms with van der Waals surface area (Å²) in [6.45, 7) is -0.316. The Balaban J connectivity index is 2.62. The van der Waals surface area contributed by atoms with E-state index in [2.05, 4.69) is 31.3 Å². The van der Waals surface area contributed by atoms with E-state index >= 15 is 0 Å². The van der Waals surface area contributed by atoms with E-state index in [1.807, 2.05) is 24.3 Å². The number of carbonyl (C=O) groups is 4. The van der Waals surface area contributed by atoms with Crippen LogP contribution in [-0.4, -0.2) is 60.4 Å². The molecule has 11 heteroatoms. The van der Waals surface area contributed by atoms with Crippen LogP contribution < -0.4 is 16.4 Å². The molecular formula is C18H24BrN3O6S. The fraction of sp³-hybridized carbons (Fsp3) is 0.444. The molecule has 0 bridgehead atoms. The number of thioether (sulfide) groups is 1. The third-order valence-corrected chi connectivity index (χ3v) is 5.39. The van der Waals surface area contributed by atoms with Gasteiger partial charge in [-0.3, -0.25) is 19.2 Å². The molecule has 2 unspecified atom stereocenters. The molecule has 0 aliphatic carbocycles. The molecule has 0 aliphatic heterocycles. The van der Waals surface area contributed by atoms with Gasteiger partial charge in [-0.05, 0) is 24.1 Å². The first-order valence-corrected chi connectivity index (χ1v) is 10.6. The van der Waals surface area contributed by atoms with Gasteiger partial charge in [0.15, 0.2) is 0 Å². The lowest BCUT2D eigenvalue weighted by Crippen LogP contribution is -2.49. The number of hydrogen-bond acceptors (Lipinski definition) is 7. The minimum absolute atomic E-state index is 0.0519. The van der Waals surface area contributed by atoms with Gasteiger partial charge in [0.1, 0.15) is 18.6 Å². The summed E-state index contributed by atoms with van der Waals surface area (Å²) in [5.41, 5.74) is 6.44. The van der Waals surface area contributed by atoms with Gasteiger partial charge in [0.2, 0.25) is 11.8 Å². The van der Waals surface area contributed by atoms with E-state index in [-0.39, 0.29) is 25.1 Å². The summed E-state index contributed by atoms with van der Waals surface area (Å²) in [5.74, 6) is -1.96. The number of halogens is 1. The van der Waals surface area contributed by atoms with Crippen molar-refractivity contribution in [2.24, 2.45) is 5.73 Å². The molecule has 0 saturated carbocycles. The first-order valence-electron chi connectivity index (χ1n) is 8.67. The SMILES string of the molecule is COC(=O)CNC(=O)C(CSCc1ccc(Br)cc1)NC(=O)CCC(N)C(=O)O. The maximum Gasteiger partial charge on any atom is 0.325 e. The zero-order valence-electron chi connectivity index (χ0n) is 15.9. The summed E-state index contributed by atoms with van der Waals surface area (Å²) in [7, 11) is 1.20. The number of carboxylic acids is 1. The van der Waals surface area contributed by atoms with Gasteiger partial charge in [0, 0.05) is 22.4 Å². The number of amides is 2. The molecule has 2 atom stereocenters. The molecule has 0 heterocycles. The number of ether oxygens (including phenoxy) is 1. The maximum atomic E-state index is 12.4. The summed E-state index contributed by atoms with van der Waals surface area (Å²) in [4.78, 5) is 46.4. The van der Waals surface area contributed by atoms with Gasteiger partial charge in [0.25, 0.3) is 0 Å². The van der Waals surface area contributed by atoms with Gasteiger partial charge >= 0.3 is 11.9 Å². The molecule has 0 radical (unpaired) electrons. The molecule has 0 spiro atoms. The van der Waals surface area contributed by atoms with Crippen LogP contribution in [0.2, 0.25) is 0 Å². The van der Waals surface area contributed by atoms with Crippen LogP contribution >= 0.6 is 27.7 Å². The number of carbonyl (C=O) groups excluding carboxylic acids is 3. The molecule has 29 heavy (non-hydrogen) atoms. The maximum absolute atomic E-state index is 12.4. The molecule has 1 aromatic carbocycles. The number of hydrogen-bond donors (Lipinski definition) is 4. The molecule has 0 aromatic heterocycles. The molecule has 1 rings (SSSR count). The minimum Gasteiger partial charge on any atom is -0.480 e. The molecule has 1 aromatic rings. The van der Waals surface area contributed by atoms with Gasteiger partial charge < -0.3 is 26.2 Å². The van der Waals surface area contributed by atoms with E-state index in [4.69, 9.17) is 10.8 Å². The van der Waals surface area contributed by atoms with Gasteiger partial charge in [-0.2, -0.15) is 11.8 Å². The van der Waals surface area contributed by atoms with E-state index in [1.54, 1.807) is 0 Å². The van der Waals surface area contributed by atoms with Crippen LogP contribution in [0.25, 0.3) is 0 Å². The second-order valence-electron chi connectivity index (χ2n) is 6.04. The predicted molar refractivity (Wildman–Crippen MR) is 112 cm³/mol. The Hall–Kier alpha value is -2.11. The van der Waals surface area contributed by atoms with Gasteiger partial charge in [-0.25, -0.2) is 0 Å². The Bertz CT molecular complexity index is 716. The summed E-state index contributed by atoms with van der Waals surface area (Å²) >= 11 is 4.80. The summed E-state index contributed by atoms with van der Waals surface area (Å²) in [5, 5.41) is 13.8. The van der Waals surface area contributed by atoms with Crippen molar-refractivity contribution in [3.63, 3.8) is 0 Å². The van der Waals surface area contributed by atoms with Crippen molar-refractivity contribution in [3.8, 4) is 0 Å². The lowest BCUT2D eigenvalue weighted by molar-refractivity contribution is -0.141. The Morgan fingerprint density at radius 3 is 2.48 bits per heavy atom. The Labute approximate surface area is 181 Å². The number of nitrogens with one attached hydrogen (secondary N) is 2. The highest BCUT2D eigenvalue weighted by Gasteiger charge is 2.22. The van der Waals surface area contributed by atoms with Gasteiger partial charge in [0.05, 0.1) is 7.11 Å². The quantitative estimate of drug-likeness (QED) is 0.312. The minimum atomic E-state index is -1.20. The van der Waals surface area contributed by atoms with E-state index in [0.717, 1.165) is 10.0 Å². The van der Waals surface area contributed by atoms with Crippen LogP contribution in [-0.2, 0) is 29.7 Å². The normalized spacial score (nSPS) is 12.5. The van der Waals surface area contributed by atoms with Crippen LogP contribution in [0.3, 0.4) is 0 Å². The zero-order chi connectivity index (χ0) is 21.8. The largest absolute Gasteiger partial charge is 0.480 e. The van der Waals surface area contributed by atoms with Crippen molar-refractivity contribution in [1.29, 1.82) is 0 Å². The summed E-state index contributed by atoms with van der Waals surface area (Å²) in [6, 6.07) is 5.64. The van der Waals surface area contributed by atoms with Crippen molar-refractivity contribution in [1.82, 2.24) is 10.6 Å². The van der Waals surface area contributed by atoms with Crippen molar-refractivity contribution in [2.75, 3.05) is 19.4 Å². The Kier molecular flexibility index (Phi) is 11.3. The molecule has 160 valence electrons. The number of aliphatic carboxylic acids is 1. The highest BCUT2D eigenvalue weighted by Crippen LogP contribution is 2.16. The standard InChI is InChI=1S/C18H24BrN3O6S/c1-28-16(24)8-21-17(25)14(22-15(23)7-6-13(20)18(26)27)10-29-9-11-2-4-12(19)5-3-11/h2-5,13-14H,6-10,20H2,1H3,(H,21,25)(H,22,23)(H,26,27). The Morgan fingerprint density at radius 2 is 1.90 bits per heavy atom. The van der Waals surface area contributed by atoms with Crippen LogP contribution in [0.1, 0.15) is 18.4 Å². The molecule has 0 fully saturated rings. The fourth-order valence-electron chi connectivity index (χ4n) is 2.09. The topological polar surface area (TPSA) is 148 Å². The van der Waals surface area contributed by atoms with Crippen molar-refractivity contribution in [3.05, 3.63) is 34.3 Å². The second kappa shape index (κ2) is 13.2. The molecule has 0 aliphatic rings. The average Bonchev–Trinajstić information content (AvgIpc) is 2.70. The fourth-order valence-corrected chi connectivity index (χ4v) is 3.37. The molecule has 9 nitrogen and oxygen atoms in total. The smallest absolute Gasteiger partial charge is 0.325 e. The predicted octanol–water partition coefficient (Wildman–Crippen LogP) is 0.648. The van der Waals surface area contributed by atoms with Gasteiger partial charge in [-0.15, -0.1) is 0 Å².